The van der Waals surface area contributed by atoms with Gasteiger partial charge in [0.25, 0.3) is 0 Å². The van der Waals surface area contributed by atoms with E-state index in [2.05, 4.69) is 10.2 Å². The standard InChI is InChI=1S/C19H27N3O3/c1-15-6-7-16-17(12-15)25-19(24)14-22(16)13-18(23)20-8-2-3-9-21-10-4-5-11-21/h6-7,12H,2-5,8-11,13-14H2,1H3,(H,20,23). The maximum absolute atomic E-state index is 12.2. The largest absolute Gasteiger partial charge is 0.423 e. The van der Waals surface area contributed by atoms with E-state index >= 15 is 0 Å². The summed E-state index contributed by atoms with van der Waals surface area (Å²) in [6.45, 7) is 6.48. The summed E-state index contributed by atoms with van der Waals surface area (Å²) in [6, 6.07) is 5.69. The van der Waals surface area contributed by atoms with Crippen molar-refractivity contribution in [3.63, 3.8) is 0 Å². The van der Waals surface area contributed by atoms with Crippen molar-refractivity contribution >= 4 is 17.6 Å². The monoisotopic (exact) mass is 345 g/mol. The second-order valence-electron chi connectivity index (χ2n) is 6.91. The van der Waals surface area contributed by atoms with E-state index in [0.717, 1.165) is 30.6 Å². The predicted molar refractivity (Wildman–Crippen MR) is 96.9 cm³/mol. The molecule has 0 bridgehead atoms. The predicted octanol–water partition coefficient (Wildman–Crippen LogP) is 1.71. The molecule has 1 N–H and O–H groups in total. The number of hydrogen-bond donors (Lipinski definition) is 1. The summed E-state index contributed by atoms with van der Waals surface area (Å²) in [6.07, 6.45) is 4.73. The summed E-state index contributed by atoms with van der Waals surface area (Å²) in [5.41, 5.74) is 1.82. The fourth-order valence-corrected chi connectivity index (χ4v) is 3.43. The Hall–Kier alpha value is -2.08. The molecule has 0 radical (unpaired) electrons. The minimum Gasteiger partial charge on any atom is -0.423 e. The highest BCUT2D eigenvalue weighted by Crippen LogP contribution is 2.32. The molecule has 2 heterocycles. The number of hydrogen-bond acceptors (Lipinski definition) is 5. The molecule has 0 spiro atoms. The van der Waals surface area contributed by atoms with Gasteiger partial charge in [0.2, 0.25) is 5.91 Å². The third kappa shape index (κ3) is 4.95. The second kappa shape index (κ2) is 8.34. The van der Waals surface area contributed by atoms with E-state index in [1.165, 1.54) is 25.9 Å². The van der Waals surface area contributed by atoms with Crippen LogP contribution in [-0.2, 0) is 9.59 Å². The van der Waals surface area contributed by atoms with Gasteiger partial charge >= 0.3 is 5.97 Å². The first-order valence-corrected chi connectivity index (χ1v) is 9.17. The molecule has 136 valence electrons. The van der Waals surface area contributed by atoms with Crippen LogP contribution in [0.4, 0.5) is 5.69 Å². The van der Waals surface area contributed by atoms with Gasteiger partial charge in [-0.3, -0.25) is 4.79 Å². The SMILES string of the molecule is Cc1ccc2c(c1)OC(=O)CN2CC(=O)NCCCCN1CCCC1. The Morgan fingerprint density at radius 2 is 2.04 bits per heavy atom. The fraction of sp³-hybridized carbons (Fsp3) is 0.579. The zero-order valence-electron chi connectivity index (χ0n) is 14.9. The molecule has 1 fully saturated rings. The highest BCUT2D eigenvalue weighted by molar-refractivity contribution is 5.89. The van der Waals surface area contributed by atoms with Crippen molar-refractivity contribution < 1.29 is 14.3 Å². The Morgan fingerprint density at radius 3 is 2.84 bits per heavy atom. The van der Waals surface area contributed by atoms with Crippen LogP contribution < -0.4 is 15.0 Å². The van der Waals surface area contributed by atoms with E-state index in [-0.39, 0.29) is 25.0 Å². The first-order chi connectivity index (χ1) is 12.1. The van der Waals surface area contributed by atoms with Crippen LogP contribution in [0.15, 0.2) is 18.2 Å². The van der Waals surface area contributed by atoms with Gasteiger partial charge in [-0.05, 0) is 69.9 Å². The van der Waals surface area contributed by atoms with E-state index in [0.29, 0.717) is 12.3 Å². The van der Waals surface area contributed by atoms with E-state index in [1.807, 2.05) is 25.1 Å². The van der Waals surface area contributed by atoms with Crippen LogP contribution in [0.3, 0.4) is 0 Å². The number of carbonyl (C=O) groups excluding carboxylic acids is 2. The molecule has 0 unspecified atom stereocenters. The molecule has 0 aliphatic carbocycles. The van der Waals surface area contributed by atoms with Crippen LogP contribution in [0.1, 0.15) is 31.2 Å². The van der Waals surface area contributed by atoms with Gasteiger partial charge in [0, 0.05) is 6.54 Å². The van der Waals surface area contributed by atoms with Crippen LogP contribution in [-0.4, -0.2) is 56.0 Å². The highest BCUT2D eigenvalue weighted by atomic mass is 16.5. The minimum absolute atomic E-state index is 0.0533. The number of likely N-dealkylation sites (tertiary alicyclic amines) is 1. The van der Waals surface area contributed by atoms with Crippen LogP contribution in [0.5, 0.6) is 5.75 Å². The number of nitrogens with zero attached hydrogens (tertiary/aromatic N) is 2. The Labute approximate surface area is 149 Å². The summed E-state index contributed by atoms with van der Waals surface area (Å²) in [5, 5.41) is 2.96. The van der Waals surface area contributed by atoms with Crippen LogP contribution in [0.2, 0.25) is 0 Å². The fourth-order valence-electron chi connectivity index (χ4n) is 3.43. The molecule has 2 aliphatic rings. The Bertz CT molecular complexity index is 626. The van der Waals surface area contributed by atoms with Crippen LogP contribution in [0.25, 0.3) is 0 Å². The number of nitrogens with one attached hydrogen (secondary N) is 1. The average Bonchev–Trinajstić information content (AvgIpc) is 3.07. The van der Waals surface area contributed by atoms with Gasteiger partial charge in [-0.2, -0.15) is 0 Å². The lowest BCUT2D eigenvalue weighted by Gasteiger charge is -2.29. The van der Waals surface area contributed by atoms with Crippen molar-refractivity contribution in [3.05, 3.63) is 23.8 Å². The normalized spacial score (nSPS) is 17.3. The number of aryl methyl sites for hydroxylation is 1. The number of anilines is 1. The topological polar surface area (TPSA) is 61.9 Å². The molecule has 3 rings (SSSR count). The number of amides is 1. The van der Waals surface area contributed by atoms with Gasteiger partial charge in [0.15, 0.2) is 5.75 Å². The number of benzene rings is 1. The van der Waals surface area contributed by atoms with E-state index in [4.69, 9.17) is 4.74 Å². The van der Waals surface area contributed by atoms with Crippen molar-refractivity contribution in [3.8, 4) is 5.75 Å². The number of carbonyl (C=O) groups is 2. The average molecular weight is 345 g/mol. The lowest BCUT2D eigenvalue weighted by atomic mass is 10.1. The summed E-state index contributed by atoms with van der Waals surface area (Å²) >= 11 is 0. The Balaban J connectivity index is 1.42. The maximum Gasteiger partial charge on any atom is 0.331 e. The van der Waals surface area contributed by atoms with Crippen molar-refractivity contribution in [2.24, 2.45) is 0 Å². The van der Waals surface area contributed by atoms with E-state index < -0.39 is 0 Å². The summed E-state index contributed by atoms with van der Waals surface area (Å²) in [5.74, 6) is 0.161. The molecule has 6 heteroatoms. The molecule has 1 saturated heterocycles. The van der Waals surface area contributed by atoms with Crippen molar-refractivity contribution in [1.82, 2.24) is 10.2 Å². The zero-order chi connectivity index (χ0) is 17.6. The molecule has 0 saturated carbocycles. The molecule has 2 aliphatic heterocycles. The first-order valence-electron chi connectivity index (χ1n) is 9.17. The minimum atomic E-state index is -0.323. The van der Waals surface area contributed by atoms with Crippen molar-refractivity contribution in [1.29, 1.82) is 0 Å². The lowest BCUT2D eigenvalue weighted by Crippen LogP contribution is -2.43. The molecule has 1 aromatic rings. The van der Waals surface area contributed by atoms with Crippen molar-refractivity contribution in [2.45, 2.75) is 32.6 Å². The molecular formula is C19H27N3O3. The van der Waals surface area contributed by atoms with Gasteiger partial charge in [0.05, 0.1) is 12.2 Å². The number of ether oxygens (including phenoxy) is 1. The molecule has 0 atom stereocenters. The molecule has 1 amide bonds. The molecule has 1 aromatic carbocycles. The van der Waals surface area contributed by atoms with E-state index in [1.54, 1.807) is 4.90 Å². The van der Waals surface area contributed by atoms with Crippen molar-refractivity contribution in [2.75, 3.05) is 44.2 Å². The van der Waals surface area contributed by atoms with Gasteiger partial charge in [-0.25, -0.2) is 4.79 Å². The zero-order valence-corrected chi connectivity index (χ0v) is 14.9. The smallest absolute Gasteiger partial charge is 0.331 e. The molecule has 6 nitrogen and oxygen atoms in total. The second-order valence-corrected chi connectivity index (χ2v) is 6.91. The number of fused-ring (bicyclic) bond motifs is 1. The van der Waals surface area contributed by atoms with Crippen LogP contribution in [0, 0.1) is 6.92 Å². The summed E-state index contributed by atoms with van der Waals surface area (Å²) < 4.78 is 5.27. The first kappa shape index (κ1) is 17.7. The number of rotatable bonds is 7. The molecule has 25 heavy (non-hydrogen) atoms. The van der Waals surface area contributed by atoms with Gasteiger partial charge in [0.1, 0.15) is 6.54 Å². The third-order valence-electron chi connectivity index (χ3n) is 4.76. The van der Waals surface area contributed by atoms with Gasteiger partial charge < -0.3 is 19.9 Å². The van der Waals surface area contributed by atoms with Gasteiger partial charge in [-0.1, -0.05) is 6.07 Å². The maximum atomic E-state index is 12.2. The number of unbranched alkanes of at least 4 members (excludes halogenated alkanes) is 1. The molecule has 0 aromatic heterocycles. The number of esters is 1. The van der Waals surface area contributed by atoms with Gasteiger partial charge in [-0.15, -0.1) is 0 Å². The summed E-state index contributed by atoms with van der Waals surface area (Å²) in [4.78, 5) is 28.2. The highest BCUT2D eigenvalue weighted by Gasteiger charge is 2.25. The lowest BCUT2D eigenvalue weighted by molar-refractivity contribution is -0.133. The summed E-state index contributed by atoms with van der Waals surface area (Å²) in [7, 11) is 0. The van der Waals surface area contributed by atoms with Crippen LogP contribution >= 0.6 is 0 Å². The molecular weight excluding hydrogens is 318 g/mol. The van der Waals surface area contributed by atoms with E-state index in [9.17, 15) is 9.59 Å². The Kier molecular flexibility index (Phi) is 5.91. The Morgan fingerprint density at radius 1 is 1.24 bits per heavy atom. The quantitative estimate of drug-likeness (QED) is 0.463. The third-order valence-corrected chi connectivity index (χ3v) is 4.76.